The molecule has 0 saturated carbocycles. The standard InChI is InChI=1S/C23H20BrN5OS/c24-18-8-12-20(13-9-18)26-21(30)15-31-23-28-27-22(17-6-10-19(25)11-7-17)29(23)14-16-4-2-1-3-5-16/h1-13H,14-15,25H2,(H,26,30). The summed E-state index contributed by atoms with van der Waals surface area (Å²) in [5.74, 6) is 0.861. The number of anilines is 2. The van der Waals surface area contributed by atoms with E-state index in [1.807, 2.05) is 71.3 Å². The maximum atomic E-state index is 12.4. The van der Waals surface area contributed by atoms with Crippen molar-refractivity contribution in [1.82, 2.24) is 14.8 Å². The van der Waals surface area contributed by atoms with E-state index in [0.29, 0.717) is 17.4 Å². The predicted octanol–water partition coefficient (Wildman–Crippen LogP) is 5.07. The molecule has 4 rings (SSSR count). The van der Waals surface area contributed by atoms with Crippen molar-refractivity contribution in [2.75, 3.05) is 16.8 Å². The van der Waals surface area contributed by atoms with Gasteiger partial charge in [0.05, 0.1) is 12.3 Å². The highest BCUT2D eigenvalue weighted by molar-refractivity contribution is 9.10. The number of nitrogens with one attached hydrogen (secondary N) is 1. The van der Waals surface area contributed by atoms with Crippen LogP contribution in [0.15, 0.2) is 88.5 Å². The number of carbonyl (C=O) groups excluding carboxylic acids is 1. The minimum absolute atomic E-state index is 0.101. The number of aromatic nitrogens is 3. The molecule has 0 spiro atoms. The summed E-state index contributed by atoms with van der Waals surface area (Å²) < 4.78 is 2.99. The number of rotatable bonds is 7. The van der Waals surface area contributed by atoms with Crippen molar-refractivity contribution in [3.05, 3.63) is 88.9 Å². The molecular weight excluding hydrogens is 474 g/mol. The Kier molecular flexibility index (Phi) is 6.69. The number of nitrogen functional groups attached to an aromatic ring is 1. The zero-order chi connectivity index (χ0) is 21.6. The van der Waals surface area contributed by atoms with Gasteiger partial charge in [-0.3, -0.25) is 9.36 Å². The summed E-state index contributed by atoms with van der Waals surface area (Å²) in [5.41, 5.74) is 9.32. The molecule has 6 nitrogen and oxygen atoms in total. The van der Waals surface area contributed by atoms with Crippen molar-refractivity contribution < 1.29 is 4.79 Å². The van der Waals surface area contributed by atoms with Gasteiger partial charge in [-0.25, -0.2) is 0 Å². The van der Waals surface area contributed by atoms with Crippen molar-refractivity contribution in [1.29, 1.82) is 0 Å². The highest BCUT2D eigenvalue weighted by atomic mass is 79.9. The Morgan fingerprint density at radius 1 is 0.968 bits per heavy atom. The van der Waals surface area contributed by atoms with Gasteiger partial charge in [0.15, 0.2) is 11.0 Å². The minimum atomic E-state index is -0.101. The maximum absolute atomic E-state index is 12.4. The smallest absolute Gasteiger partial charge is 0.234 e. The number of thioether (sulfide) groups is 1. The number of amides is 1. The molecule has 0 unspecified atom stereocenters. The fourth-order valence-corrected chi connectivity index (χ4v) is 4.01. The van der Waals surface area contributed by atoms with Crippen LogP contribution < -0.4 is 11.1 Å². The van der Waals surface area contributed by atoms with Crippen LogP contribution in [0, 0.1) is 0 Å². The number of benzene rings is 3. The van der Waals surface area contributed by atoms with E-state index in [0.717, 1.165) is 27.1 Å². The third-order valence-electron chi connectivity index (χ3n) is 4.53. The van der Waals surface area contributed by atoms with Crippen LogP contribution in [-0.4, -0.2) is 26.4 Å². The lowest BCUT2D eigenvalue weighted by Gasteiger charge is -2.11. The number of carbonyl (C=O) groups is 1. The molecule has 0 saturated heterocycles. The number of halogens is 1. The van der Waals surface area contributed by atoms with E-state index in [1.165, 1.54) is 11.8 Å². The van der Waals surface area contributed by atoms with E-state index in [-0.39, 0.29) is 11.7 Å². The monoisotopic (exact) mass is 493 g/mol. The van der Waals surface area contributed by atoms with Crippen LogP contribution in [-0.2, 0) is 11.3 Å². The highest BCUT2D eigenvalue weighted by Gasteiger charge is 2.16. The van der Waals surface area contributed by atoms with Gasteiger partial charge in [0, 0.05) is 21.4 Å². The van der Waals surface area contributed by atoms with Crippen molar-refractivity contribution >= 4 is 45.0 Å². The first-order chi connectivity index (χ1) is 15.1. The molecule has 0 fully saturated rings. The van der Waals surface area contributed by atoms with Crippen LogP contribution in [0.2, 0.25) is 0 Å². The molecule has 0 radical (unpaired) electrons. The lowest BCUT2D eigenvalue weighted by atomic mass is 10.2. The molecule has 3 aromatic carbocycles. The highest BCUT2D eigenvalue weighted by Crippen LogP contribution is 2.26. The van der Waals surface area contributed by atoms with Gasteiger partial charge in [-0.2, -0.15) is 0 Å². The fourth-order valence-electron chi connectivity index (χ4n) is 3.01. The van der Waals surface area contributed by atoms with Crippen molar-refractivity contribution in [2.45, 2.75) is 11.7 Å². The van der Waals surface area contributed by atoms with Crippen LogP contribution in [0.1, 0.15) is 5.56 Å². The Labute approximate surface area is 193 Å². The van der Waals surface area contributed by atoms with Gasteiger partial charge in [0.2, 0.25) is 5.91 Å². The molecule has 0 bridgehead atoms. The SMILES string of the molecule is Nc1ccc(-c2nnc(SCC(=O)Nc3ccc(Br)cc3)n2Cc2ccccc2)cc1. The fraction of sp³-hybridized carbons (Fsp3) is 0.0870. The van der Waals surface area contributed by atoms with E-state index in [4.69, 9.17) is 5.73 Å². The number of hydrogen-bond acceptors (Lipinski definition) is 5. The van der Waals surface area contributed by atoms with Gasteiger partial charge in [0.25, 0.3) is 0 Å². The molecule has 156 valence electrons. The van der Waals surface area contributed by atoms with E-state index in [1.54, 1.807) is 0 Å². The summed E-state index contributed by atoms with van der Waals surface area (Å²) in [6.07, 6.45) is 0. The quantitative estimate of drug-likeness (QED) is 0.277. The lowest BCUT2D eigenvalue weighted by molar-refractivity contribution is -0.113. The van der Waals surface area contributed by atoms with Gasteiger partial charge in [0.1, 0.15) is 0 Å². The maximum Gasteiger partial charge on any atom is 0.234 e. The van der Waals surface area contributed by atoms with Crippen molar-refractivity contribution in [3.8, 4) is 11.4 Å². The first kappa shape index (κ1) is 21.1. The second kappa shape index (κ2) is 9.80. The normalized spacial score (nSPS) is 10.7. The molecule has 0 aliphatic heterocycles. The van der Waals surface area contributed by atoms with Gasteiger partial charge >= 0.3 is 0 Å². The summed E-state index contributed by atoms with van der Waals surface area (Å²) in [6, 6.07) is 25.1. The molecule has 1 heterocycles. The molecule has 8 heteroatoms. The zero-order valence-corrected chi connectivity index (χ0v) is 18.9. The largest absolute Gasteiger partial charge is 0.399 e. The zero-order valence-electron chi connectivity index (χ0n) is 16.5. The van der Waals surface area contributed by atoms with E-state index in [2.05, 4.69) is 43.6 Å². The summed E-state index contributed by atoms with van der Waals surface area (Å²) >= 11 is 4.75. The Morgan fingerprint density at radius 2 is 1.68 bits per heavy atom. The van der Waals surface area contributed by atoms with Crippen LogP contribution in [0.4, 0.5) is 11.4 Å². The predicted molar refractivity (Wildman–Crippen MR) is 129 cm³/mol. The molecule has 31 heavy (non-hydrogen) atoms. The van der Waals surface area contributed by atoms with E-state index >= 15 is 0 Å². The van der Waals surface area contributed by atoms with Crippen LogP contribution in [0.3, 0.4) is 0 Å². The van der Waals surface area contributed by atoms with Crippen LogP contribution in [0.25, 0.3) is 11.4 Å². The van der Waals surface area contributed by atoms with Gasteiger partial charge in [-0.15, -0.1) is 10.2 Å². The Bertz CT molecular complexity index is 1160. The Morgan fingerprint density at radius 3 is 2.39 bits per heavy atom. The van der Waals surface area contributed by atoms with Gasteiger partial charge in [-0.05, 0) is 54.1 Å². The van der Waals surface area contributed by atoms with Crippen LogP contribution >= 0.6 is 27.7 Å². The number of nitrogens with two attached hydrogens (primary N) is 1. The minimum Gasteiger partial charge on any atom is -0.399 e. The molecule has 4 aromatic rings. The van der Waals surface area contributed by atoms with Crippen molar-refractivity contribution in [3.63, 3.8) is 0 Å². The third kappa shape index (κ3) is 5.53. The Hall–Kier alpha value is -3.10. The lowest BCUT2D eigenvalue weighted by Crippen LogP contribution is -2.14. The number of nitrogens with zero attached hydrogens (tertiary/aromatic N) is 3. The second-order valence-corrected chi connectivity index (χ2v) is 8.70. The van der Waals surface area contributed by atoms with Crippen LogP contribution in [0.5, 0.6) is 0 Å². The topological polar surface area (TPSA) is 85.8 Å². The number of hydrogen-bond donors (Lipinski definition) is 2. The molecular formula is C23H20BrN5OS. The molecule has 3 N–H and O–H groups in total. The summed E-state index contributed by atoms with van der Waals surface area (Å²) in [4.78, 5) is 12.4. The summed E-state index contributed by atoms with van der Waals surface area (Å²) in [7, 11) is 0. The van der Waals surface area contributed by atoms with E-state index in [9.17, 15) is 4.79 Å². The first-order valence-electron chi connectivity index (χ1n) is 9.60. The molecule has 0 aliphatic rings. The first-order valence-corrected chi connectivity index (χ1v) is 11.4. The average molecular weight is 494 g/mol. The van der Waals surface area contributed by atoms with Gasteiger partial charge in [-0.1, -0.05) is 58.0 Å². The molecule has 1 aromatic heterocycles. The molecule has 0 atom stereocenters. The third-order valence-corrected chi connectivity index (χ3v) is 6.03. The van der Waals surface area contributed by atoms with Gasteiger partial charge < -0.3 is 11.1 Å². The summed E-state index contributed by atoms with van der Waals surface area (Å²) in [5, 5.41) is 12.3. The van der Waals surface area contributed by atoms with Crippen molar-refractivity contribution in [2.24, 2.45) is 0 Å². The molecule has 0 aliphatic carbocycles. The average Bonchev–Trinajstić information content (AvgIpc) is 3.17. The Balaban J connectivity index is 1.54. The summed E-state index contributed by atoms with van der Waals surface area (Å²) in [6.45, 7) is 0.601. The molecule has 1 amide bonds. The van der Waals surface area contributed by atoms with E-state index < -0.39 is 0 Å². The second-order valence-electron chi connectivity index (χ2n) is 6.84.